The molecule has 1 aromatic carbocycles. The lowest BCUT2D eigenvalue weighted by Gasteiger charge is -2.43. The first-order chi connectivity index (χ1) is 16.8. The summed E-state index contributed by atoms with van der Waals surface area (Å²) in [5.41, 5.74) is 1.12. The fraction of sp³-hybridized carbons (Fsp3) is 0.600. The third-order valence-electron chi connectivity index (χ3n) is 7.35. The van der Waals surface area contributed by atoms with Gasteiger partial charge in [-0.05, 0) is 49.5 Å². The molecule has 0 saturated carbocycles. The summed E-state index contributed by atoms with van der Waals surface area (Å²) in [5.74, 6) is 1.05. The van der Waals surface area contributed by atoms with Gasteiger partial charge in [-0.3, -0.25) is 4.79 Å². The lowest BCUT2D eigenvalue weighted by Crippen LogP contribution is -2.48. The highest BCUT2D eigenvalue weighted by Gasteiger charge is 2.46. The van der Waals surface area contributed by atoms with E-state index in [9.17, 15) is 9.59 Å². The molecule has 0 spiro atoms. The van der Waals surface area contributed by atoms with Crippen molar-refractivity contribution in [2.45, 2.75) is 71.2 Å². The summed E-state index contributed by atoms with van der Waals surface area (Å²) < 4.78 is 23.5. The number of fused-ring (bicyclic) bond motifs is 1. The Bertz CT molecular complexity index is 1120. The van der Waals surface area contributed by atoms with Crippen LogP contribution in [0.25, 0.3) is 0 Å². The molecule has 1 N–H and O–H groups in total. The maximum Gasteiger partial charge on any atom is 0.339 e. The molecule has 9 nitrogen and oxygen atoms in total. The van der Waals surface area contributed by atoms with Crippen LogP contribution in [0.2, 0.25) is 18.1 Å². The number of cyclic esters (lactones) is 1. The number of carbonyl (C=O) groups excluding carboxylic acids is 2. The van der Waals surface area contributed by atoms with E-state index >= 15 is 0 Å². The predicted octanol–water partition coefficient (Wildman–Crippen LogP) is 5.11. The molecular formula is C25H37N3O6SSi. The molecule has 1 aliphatic heterocycles. The Morgan fingerprint density at radius 1 is 1.22 bits per heavy atom. The van der Waals surface area contributed by atoms with Crippen molar-refractivity contribution < 1.29 is 28.0 Å². The number of rotatable bonds is 6. The number of thioether (sulfide) groups is 1. The molecule has 2 heterocycles. The molecule has 0 fully saturated rings. The minimum Gasteiger partial charge on any atom is -0.543 e. The highest BCUT2D eigenvalue weighted by molar-refractivity contribution is 7.99. The van der Waals surface area contributed by atoms with E-state index in [0.29, 0.717) is 34.4 Å². The summed E-state index contributed by atoms with van der Waals surface area (Å²) in [6.45, 7) is 16.3. The number of esters is 1. The van der Waals surface area contributed by atoms with Crippen molar-refractivity contribution in [3.63, 3.8) is 0 Å². The summed E-state index contributed by atoms with van der Waals surface area (Å²) in [6, 6.07) is 3.17. The highest BCUT2D eigenvalue weighted by Crippen LogP contribution is 2.48. The zero-order chi connectivity index (χ0) is 26.8. The van der Waals surface area contributed by atoms with Gasteiger partial charge < -0.3 is 23.7 Å². The van der Waals surface area contributed by atoms with Crippen molar-refractivity contribution in [2.24, 2.45) is 5.92 Å². The van der Waals surface area contributed by atoms with E-state index in [4.69, 9.17) is 18.4 Å². The van der Waals surface area contributed by atoms with E-state index in [0.717, 1.165) is 5.56 Å². The summed E-state index contributed by atoms with van der Waals surface area (Å²) >= 11 is 1.41. The number of amides is 1. The first kappa shape index (κ1) is 28.2. The lowest BCUT2D eigenvalue weighted by molar-refractivity contribution is -0.125. The van der Waals surface area contributed by atoms with E-state index in [1.165, 1.54) is 11.8 Å². The Morgan fingerprint density at radius 3 is 2.50 bits per heavy atom. The Kier molecular flexibility index (Phi) is 8.57. The molecule has 0 radical (unpaired) electrons. The third-order valence-corrected chi connectivity index (χ3v) is 13.0. The number of aryl methyl sites for hydroxylation is 2. The predicted molar refractivity (Wildman–Crippen MR) is 141 cm³/mol. The topological polar surface area (TPSA) is 113 Å². The second-order valence-corrected chi connectivity index (χ2v) is 16.0. The Balaban J connectivity index is 2.10. The minimum absolute atomic E-state index is 0.0499. The largest absolute Gasteiger partial charge is 0.543 e. The van der Waals surface area contributed by atoms with Crippen molar-refractivity contribution >= 4 is 32.0 Å². The van der Waals surface area contributed by atoms with Crippen molar-refractivity contribution in [1.29, 1.82) is 0 Å². The Labute approximate surface area is 218 Å². The van der Waals surface area contributed by atoms with Crippen LogP contribution in [-0.4, -0.2) is 49.8 Å². The van der Waals surface area contributed by atoms with Crippen LogP contribution in [0, 0.1) is 19.8 Å². The van der Waals surface area contributed by atoms with Gasteiger partial charge in [-0.25, -0.2) is 4.79 Å². The van der Waals surface area contributed by atoms with Crippen molar-refractivity contribution in [2.75, 3.05) is 19.5 Å². The fourth-order valence-electron chi connectivity index (χ4n) is 3.93. The third kappa shape index (κ3) is 5.78. The second-order valence-electron chi connectivity index (χ2n) is 10.4. The molecule has 1 aromatic heterocycles. The highest BCUT2D eigenvalue weighted by atomic mass is 32.2. The molecule has 198 valence electrons. The quantitative estimate of drug-likeness (QED) is 0.398. The van der Waals surface area contributed by atoms with Crippen LogP contribution in [0.15, 0.2) is 16.7 Å². The summed E-state index contributed by atoms with van der Waals surface area (Å²) in [4.78, 5) is 30.2. The average molecular weight is 536 g/mol. The second kappa shape index (κ2) is 10.9. The van der Waals surface area contributed by atoms with E-state index in [-0.39, 0.29) is 10.9 Å². The fourth-order valence-corrected chi connectivity index (χ4v) is 7.44. The molecule has 0 saturated heterocycles. The molecule has 1 unspecified atom stereocenters. The molecule has 0 bridgehead atoms. The standard InChI is InChI=1S/C25H37N3O6SSi/c1-14(2)25(5,6)36(8,9)34-18-11-10-15(3)20-21(18)24(31-7)35-13-17(22-26-16(4)28-33-22)27-19(29)12-32-23(20)30/h10-11,14,17,24H,12-13H2,1-9H3,(H,27,29)/t17-,24?/m0/s1. The number of benzene rings is 1. The number of carbonyl (C=O) groups is 2. The van der Waals surface area contributed by atoms with Gasteiger partial charge in [-0.2, -0.15) is 4.98 Å². The summed E-state index contributed by atoms with van der Waals surface area (Å²) in [5, 5.41) is 6.62. The molecule has 3 rings (SSSR count). The minimum atomic E-state index is -2.33. The van der Waals surface area contributed by atoms with Gasteiger partial charge in [0, 0.05) is 18.4 Å². The number of methoxy groups -OCH3 is 1. The monoisotopic (exact) mass is 535 g/mol. The maximum atomic E-state index is 13.3. The van der Waals surface area contributed by atoms with Gasteiger partial charge in [0.25, 0.3) is 14.2 Å². The Morgan fingerprint density at radius 2 is 1.92 bits per heavy atom. The van der Waals surface area contributed by atoms with Crippen LogP contribution in [0.4, 0.5) is 0 Å². The van der Waals surface area contributed by atoms with Gasteiger partial charge in [0.05, 0.1) is 5.56 Å². The van der Waals surface area contributed by atoms with E-state index in [1.807, 2.05) is 19.1 Å². The number of nitrogens with one attached hydrogen (secondary N) is 1. The van der Waals surface area contributed by atoms with E-state index in [1.54, 1.807) is 14.0 Å². The van der Waals surface area contributed by atoms with Gasteiger partial charge >= 0.3 is 5.97 Å². The van der Waals surface area contributed by atoms with E-state index < -0.39 is 38.3 Å². The number of aromatic nitrogens is 2. The molecule has 11 heteroatoms. The molecule has 2 aromatic rings. The van der Waals surface area contributed by atoms with Crippen LogP contribution in [0.3, 0.4) is 0 Å². The zero-order valence-electron chi connectivity index (χ0n) is 22.6. The Hall–Kier alpha value is -2.37. The van der Waals surface area contributed by atoms with Crippen LogP contribution >= 0.6 is 11.8 Å². The van der Waals surface area contributed by atoms with Crippen LogP contribution in [0.5, 0.6) is 5.75 Å². The maximum absolute atomic E-state index is 13.3. The van der Waals surface area contributed by atoms with Gasteiger partial charge in [-0.1, -0.05) is 38.9 Å². The zero-order valence-corrected chi connectivity index (χ0v) is 24.4. The lowest BCUT2D eigenvalue weighted by atomic mass is 9.99. The summed E-state index contributed by atoms with van der Waals surface area (Å²) in [7, 11) is -0.742. The van der Waals surface area contributed by atoms with Gasteiger partial charge in [-0.15, -0.1) is 11.8 Å². The van der Waals surface area contributed by atoms with Crippen LogP contribution in [0.1, 0.15) is 72.4 Å². The number of ether oxygens (including phenoxy) is 2. The van der Waals surface area contributed by atoms with Gasteiger partial charge in [0.2, 0.25) is 5.89 Å². The van der Waals surface area contributed by atoms with E-state index in [2.05, 4.69) is 56.2 Å². The number of hydrogen-bond acceptors (Lipinski definition) is 9. The van der Waals surface area contributed by atoms with Crippen molar-refractivity contribution in [3.8, 4) is 5.75 Å². The number of nitrogens with zero attached hydrogens (tertiary/aromatic N) is 2. The van der Waals surface area contributed by atoms with Gasteiger partial charge in [0.1, 0.15) is 17.2 Å². The molecule has 2 atom stereocenters. The molecular weight excluding hydrogens is 498 g/mol. The molecule has 36 heavy (non-hydrogen) atoms. The average Bonchev–Trinajstić information content (AvgIpc) is 3.23. The first-order valence-corrected chi connectivity index (χ1v) is 16.0. The molecule has 1 aliphatic rings. The summed E-state index contributed by atoms with van der Waals surface area (Å²) in [6.07, 6.45) is 0. The van der Waals surface area contributed by atoms with Gasteiger partial charge in [0.15, 0.2) is 12.4 Å². The van der Waals surface area contributed by atoms with Crippen molar-refractivity contribution in [3.05, 3.63) is 40.5 Å². The van der Waals surface area contributed by atoms with Crippen molar-refractivity contribution in [1.82, 2.24) is 15.5 Å². The number of hydrogen-bond donors (Lipinski definition) is 1. The SMILES string of the molecule is COC1SC[C@@H](c2nc(C)no2)NC(=O)COC(=O)c2c(C)ccc(O[Si](C)(C)C(C)(C)C(C)C)c21. The van der Waals surface area contributed by atoms with Crippen LogP contribution < -0.4 is 9.74 Å². The smallest absolute Gasteiger partial charge is 0.339 e. The normalized spacial score (nSPS) is 19.8. The molecule has 1 amide bonds. The molecule has 0 aliphatic carbocycles. The van der Waals surface area contributed by atoms with Crippen LogP contribution in [-0.2, 0) is 14.3 Å². The first-order valence-electron chi connectivity index (χ1n) is 12.0.